The van der Waals surface area contributed by atoms with Gasteiger partial charge in [-0.25, -0.2) is 0 Å². The average Bonchev–Trinajstić information content (AvgIpc) is 2.56. The molecule has 2 N–H and O–H groups in total. The molecule has 0 heterocycles. The maximum atomic E-state index is 6.14. The van der Waals surface area contributed by atoms with Crippen molar-refractivity contribution in [2.45, 2.75) is 53.1 Å². The minimum atomic E-state index is 0.171. The van der Waals surface area contributed by atoms with Gasteiger partial charge in [0.2, 0.25) is 0 Å². The van der Waals surface area contributed by atoms with Crippen LogP contribution in [0.15, 0.2) is 36.4 Å². The van der Waals surface area contributed by atoms with E-state index in [0.717, 1.165) is 17.9 Å². The zero-order valence-electron chi connectivity index (χ0n) is 16.1. The summed E-state index contributed by atoms with van der Waals surface area (Å²) >= 11 is 0. The fraction of sp³-hybridized carbons (Fsp3) is 0.455. The molecule has 1 atom stereocenters. The quantitative estimate of drug-likeness (QED) is 0.752. The largest absolute Gasteiger partial charge is 0.494 e. The average molecular weight is 341 g/mol. The lowest BCUT2D eigenvalue weighted by Crippen LogP contribution is -2.17. The van der Waals surface area contributed by atoms with Crippen molar-refractivity contribution in [3.8, 4) is 11.5 Å². The molecular weight excluding hydrogens is 310 g/mol. The third kappa shape index (κ3) is 5.23. The number of ether oxygens (including phenoxy) is 2. The number of aryl methyl sites for hydroxylation is 2. The van der Waals surface area contributed by atoms with Crippen LogP contribution in [0.25, 0.3) is 0 Å². The molecule has 0 aliphatic heterocycles. The van der Waals surface area contributed by atoms with Gasteiger partial charge in [-0.15, -0.1) is 0 Å². The standard InChI is InChI=1S/C22H31NO2/c1-6-24-22-11-17(5)16(4)10-21(22)19(14-23)12-18-8-7-9-20(13-18)25-15(2)3/h7-11,13,15,19H,6,12,14,23H2,1-5H3. The predicted molar refractivity (Wildman–Crippen MR) is 105 cm³/mol. The lowest BCUT2D eigenvalue weighted by atomic mass is 9.89. The van der Waals surface area contributed by atoms with Crippen molar-refractivity contribution < 1.29 is 9.47 Å². The van der Waals surface area contributed by atoms with Crippen molar-refractivity contribution >= 4 is 0 Å². The summed E-state index contributed by atoms with van der Waals surface area (Å²) in [5, 5.41) is 0. The van der Waals surface area contributed by atoms with Crippen molar-refractivity contribution in [1.82, 2.24) is 0 Å². The summed E-state index contributed by atoms with van der Waals surface area (Å²) in [6, 6.07) is 12.7. The van der Waals surface area contributed by atoms with Crippen molar-refractivity contribution in [2.75, 3.05) is 13.2 Å². The molecule has 0 aliphatic rings. The molecular formula is C22H31NO2. The van der Waals surface area contributed by atoms with Crippen molar-refractivity contribution in [1.29, 1.82) is 0 Å². The third-order valence-electron chi connectivity index (χ3n) is 4.40. The van der Waals surface area contributed by atoms with E-state index in [9.17, 15) is 0 Å². The zero-order valence-corrected chi connectivity index (χ0v) is 16.1. The summed E-state index contributed by atoms with van der Waals surface area (Å²) < 4.78 is 11.7. The lowest BCUT2D eigenvalue weighted by molar-refractivity contribution is 0.242. The van der Waals surface area contributed by atoms with Gasteiger partial charge in [-0.05, 0) is 88.0 Å². The minimum Gasteiger partial charge on any atom is -0.494 e. The first-order valence-electron chi connectivity index (χ1n) is 9.14. The first kappa shape index (κ1) is 19.3. The van der Waals surface area contributed by atoms with Gasteiger partial charge in [0.05, 0.1) is 12.7 Å². The first-order chi connectivity index (χ1) is 11.9. The Morgan fingerprint density at radius 1 is 1.04 bits per heavy atom. The highest BCUT2D eigenvalue weighted by Gasteiger charge is 2.17. The van der Waals surface area contributed by atoms with Crippen molar-refractivity contribution in [2.24, 2.45) is 5.73 Å². The van der Waals surface area contributed by atoms with Gasteiger partial charge in [-0.3, -0.25) is 0 Å². The molecule has 2 rings (SSSR count). The van der Waals surface area contributed by atoms with Gasteiger partial charge in [0, 0.05) is 5.92 Å². The third-order valence-corrected chi connectivity index (χ3v) is 4.40. The van der Waals surface area contributed by atoms with Crippen LogP contribution in [-0.2, 0) is 6.42 Å². The molecule has 0 radical (unpaired) electrons. The van der Waals surface area contributed by atoms with Gasteiger partial charge >= 0.3 is 0 Å². The normalized spacial score (nSPS) is 12.3. The summed E-state index contributed by atoms with van der Waals surface area (Å²) in [7, 11) is 0. The molecule has 3 heteroatoms. The molecule has 136 valence electrons. The maximum absolute atomic E-state index is 6.14. The Balaban J connectivity index is 2.30. The van der Waals surface area contributed by atoms with E-state index in [2.05, 4.69) is 38.1 Å². The highest BCUT2D eigenvalue weighted by atomic mass is 16.5. The van der Waals surface area contributed by atoms with Crippen LogP contribution in [0.3, 0.4) is 0 Å². The van der Waals surface area contributed by atoms with Crippen LogP contribution in [0.4, 0.5) is 0 Å². The monoisotopic (exact) mass is 341 g/mol. The summed E-state index contributed by atoms with van der Waals surface area (Å²) in [6.45, 7) is 11.6. The van der Waals surface area contributed by atoms with Gasteiger partial charge in [0.15, 0.2) is 0 Å². The molecule has 0 fully saturated rings. The van der Waals surface area contributed by atoms with E-state index in [1.54, 1.807) is 0 Å². The summed E-state index contributed by atoms with van der Waals surface area (Å²) in [6.07, 6.45) is 1.04. The molecule has 2 aromatic rings. The summed E-state index contributed by atoms with van der Waals surface area (Å²) in [5.74, 6) is 2.08. The van der Waals surface area contributed by atoms with Crippen molar-refractivity contribution in [3.63, 3.8) is 0 Å². The van der Waals surface area contributed by atoms with E-state index in [1.807, 2.05) is 32.9 Å². The molecule has 3 nitrogen and oxygen atoms in total. The van der Waals surface area contributed by atoms with Crippen LogP contribution < -0.4 is 15.2 Å². The van der Waals surface area contributed by atoms with Gasteiger partial charge < -0.3 is 15.2 Å². The van der Waals surface area contributed by atoms with E-state index in [-0.39, 0.29) is 12.0 Å². The molecule has 0 bridgehead atoms. The lowest BCUT2D eigenvalue weighted by Gasteiger charge is -2.21. The van der Waals surface area contributed by atoms with Crippen molar-refractivity contribution in [3.05, 3.63) is 58.7 Å². The Bertz CT molecular complexity index is 694. The molecule has 0 aliphatic carbocycles. The highest BCUT2D eigenvalue weighted by Crippen LogP contribution is 2.32. The predicted octanol–water partition coefficient (Wildman–Crippen LogP) is 4.77. The van der Waals surface area contributed by atoms with Gasteiger partial charge in [-0.2, -0.15) is 0 Å². The fourth-order valence-electron chi connectivity index (χ4n) is 3.03. The summed E-state index contributed by atoms with van der Waals surface area (Å²) in [4.78, 5) is 0. The number of rotatable bonds is 8. The van der Waals surface area contributed by atoms with Crippen LogP contribution in [0.5, 0.6) is 11.5 Å². The molecule has 25 heavy (non-hydrogen) atoms. The van der Waals surface area contributed by atoms with Crippen LogP contribution in [0.2, 0.25) is 0 Å². The molecule has 0 amide bonds. The van der Waals surface area contributed by atoms with E-state index in [4.69, 9.17) is 15.2 Å². The Labute approximate surface area is 152 Å². The number of benzene rings is 2. The topological polar surface area (TPSA) is 44.5 Å². The Hall–Kier alpha value is -2.00. The Morgan fingerprint density at radius 3 is 2.40 bits per heavy atom. The van der Waals surface area contributed by atoms with Gasteiger partial charge in [-0.1, -0.05) is 18.2 Å². The van der Waals surface area contributed by atoms with Crippen LogP contribution >= 0.6 is 0 Å². The van der Waals surface area contributed by atoms with Crippen LogP contribution in [0, 0.1) is 13.8 Å². The smallest absolute Gasteiger partial charge is 0.123 e. The highest BCUT2D eigenvalue weighted by molar-refractivity contribution is 5.45. The molecule has 0 saturated heterocycles. The van der Waals surface area contributed by atoms with Crippen LogP contribution in [-0.4, -0.2) is 19.3 Å². The molecule has 1 unspecified atom stereocenters. The van der Waals surface area contributed by atoms with Gasteiger partial charge in [0.1, 0.15) is 11.5 Å². The number of hydrogen-bond donors (Lipinski definition) is 1. The number of nitrogens with two attached hydrogens (primary N) is 1. The SMILES string of the molecule is CCOc1cc(C)c(C)cc1C(CN)Cc1cccc(OC(C)C)c1. The molecule has 2 aromatic carbocycles. The number of hydrogen-bond acceptors (Lipinski definition) is 3. The van der Waals surface area contributed by atoms with E-state index in [1.165, 1.54) is 22.3 Å². The molecule has 0 spiro atoms. The minimum absolute atomic E-state index is 0.171. The van der Waals surface area contributed by atoms with Gasteiger partial charge in [0.25, 0.3) is 0 Å². The van der Waals surface area contributed by atoms with E-state index in [0.29, 0.717) is 13.2 Å². The van der Waals surface area contributed by atoms with E-state index < -0.39 is 0 Å². The first-order valence-corrected chi connectivity index (χ1v) is 9.14. The van der Waals surface area contributed by atoms with E-state index >= 15 is 0 Å². The Morgan fingerprint density at radius 2 is 1.76 bits per heavy atom. The second-order valence-corrected chi connectivity index (χ2v) is 6.86. The molecule has 0 aromatic heterocycles. The maximum Gasteiger partial charge on any atom is 0.123 e. The Kier molecular flexibility index (Phi) is 6.89. The zero-order chi connectivity index (χ0) is 18.4. The van der Waals surface area contributed by atoms with Crippen LogP contribution in [0.1, 0.15) is 48.9 Å². The summed E-state index contributed by atoms with van der Waals surface area (Å²) in [5.41, 5.74) is 11.1. The second kappa shape index (κ2) is 8.91. The fourth-order valence-corrected chi connectivity index (χ4v) is 3.03. The molecule has 0 saturated carbocycles. The second-order valence-electron chi connectivity index (χ2n) is 6.86.